The number of anilines is 4. The second-order valence-corrected chi connectivity index (χ2v) is 64.1. The van der Waals surface area contributed by atoms with Crippen LogP contribution in [0.15, 0.2) is 249 Å². The number of hydrogen-bond acceptors (Lipinski definition) is 2. The Labute approximate surface area is 711 Å². The Hall–Kier alpha value is -9.81. The Morgan fingerprint density at radius 1 is 0.254 bits per heavy atom. The summed E-state index contributed by atoms with van der Waals surface area (Å²) in [4.78, 5) is 0. The number of nitrogens with zero attached hydrogens (tertiary/aromatic N) is 1. The molecule has 16 rings (SSSR count). The van der Waals surface area contributed by atoms with Crippen molar-refractivity contribution in [1.29, 1.82) is 0 Å². The summed E-state index contributed by atoms with van der Waals surface area (Å²) in [5.74, 6) is 0. The second-order valence-electron chi connectivity index (χ2n) is 43.8. The number of fused-ring (bicyclic) bond motifs is 7. The van der Waals surface area contributed by atoms with Crippen molar-refractivity contribution in [3.63, 3.8) is 0 Å². The van der Waals surface area contributed by atoms with E-state index in [0.29, 0.717) is 0 Å². The average molecular weight is 1610 g/mol. The van der Waals surface area contributed by atoms with E-state index in [1.807, 2.05) is 0 Å². The first-order chi connectivity index (χ1) is 55.1. The third-order valence-corrected chi connectivity index (χ3v) is 33.7. The first-order valence-electron chi connectivity index (χ1n) is 43.3. The van der Waals surface area contributed by atoms with Crippen molar-refractivity contribution in [2.24, 2.45) is 0 Å². The maximum atomic E-state index is 4.59. The van der Waals surface area contributed by atoms with Gasteiger partial charge in [-0.3, -0.25) is 0 Å². The molecule has 3 nitrogen and oxygen atoms in total. The largest absolute Gasteiger partial charge is 0.356 e. The molecule has 0 fully saturated rings. The Bertz CT molecular complexity index is 5850. The van der Waals surface area contributed by atoms with Crippen LogP contribution in [-0.4, -0.2) is 43.6 Å². The number of rotatable bonds is 13. The smallest absolute Gasteiger partial charge is 0.252 e. The Kier molecular flexibility index (Phi) is 20.1. The van der Waals surface area contributed by atoms with Gasteiger partial charge in [0.1, 0.15) is 0 Å². The van der Waals surface area contributed by atoms with Crippen LogP contribution in [0.1, 0.15) is 132 Å². The van der Waals surface area contributed by atoms with E-state index >= 15 is 0 Å². The van der Waals surface area contributed by atoms with E-state index in [2.05, 4.69) is 446 Å². The van der Waals surface area contributed by atoms with Gasteiger partial charge in [0.2, 0.25) is 0 Å². The lowest BCUT2D eigenvalue weighted by Gasteiger charge is -2.38. The predicted octanol–water partition coefficient (Wildman–Crippen LogP) is 27.4. The highest BCUT2D eigenvalue weighted by atomic mass is 28.3. The fourth-order valence-corrected chi connectivity index (χ4v) is 22.9. The fraction of sp³-hybridized carbons (Fsp3) is 0.291. The van der Waals surface area contributed by atoms with Gasteiger partial charge >= 0.3 is 0 Å². The van der Waals surface area contributed by atoms with Crippen molar-refractivity contribution in [3.05, 3.63) is 277 Å². The number of nitrogens with one attached hydrogen (secondary N) is 2. The second kappa shape index (κ2) is 29.0. The fourth-order valence-electron chi connectivity index (χ4n) is 18.1. The van der Waals surface area contributed by atoms with Gasteiger partial charge < -0.3 is 15.2 Å². The summed E-state index contributed by atoms with van der Waals surface area (Å²) in [6.45, 7) is 65.2. The molecule has 0 saturated carbocycles. The maximum Gasteiger partial charge on any atom is 0.252 e. The van der Waals surface area contributed by atoms with E-state index in [1.165, 1.54) is 176 Å². The van der Waals surface area contributed by atoms with E-state index in [0.717, 1.165) is 28.4 Å². The third kappa shape index (κ3) is 15.4. The number of hydrogen-bond donors (Lipinski definition) is 2. The van der Waals surface area contributed by atoms with Crippen molar-refractivity contribution < 1.29 is 0 Å². The van der Waals surface area contributed by atoms with Crippen molar-refractivity contribution in [1.82, 2.24) is 4.57 Å². The summed E-state index contributed by atoms with van der Waals surface area (Å²) in [7, 11) is -7.37. The first-order valence-corrected chi connectivity index (χ1v) is 57.3. The molecule has 118 heavy (non-hydrogen) atoms. The van der Waals surface area contributed by atoms with Crippen LogP contribution in [0.5, 0.6) is 0 Å². The molecule has 8 heteroatoms. The molecule has 0 bridgehead atoms. The van der Waals surface area contributed by atoms with Gasteiger partial charge in [0.25, 0.3) is 6.71 Å². The zero-order chi connectivity index (χ0) is 84.4. The summed E-state index contributed by atoms with van der Waals surface area (Å²) in [5, 5.41) is 17.4. The number of para-hydroxylation sites is 1. The maximum absolute atomic E-state index is 4.59. The minimum absolute atomic E-state index is 0.0554. The standard InChI is InChI=1S/C110H124BN3Si4/c1-106(2,3)77-50-51-100-92(66-77)91-44-28-29-49-99(91)114(100)82-67-97-103-98(68-82)113-105-94(102-89(71-38-32-42-85(58-71)117(22,23)24)47-35-48-90(102)72-39-33-43-86(59-72)118(25,26)27)61-76(74-54-80(109(10,11)12)65-81(55-74)110(13,14)15)63-96(105)111(103)95-62-75(73-52-78(107(4,5)6)64-79(53-73)108(7,8)9)60-93(104(95)112-97)101-87(69-36-30-40-83(56-69)115(16,17)18)45-34-46-88(101)70-37-31-41-84(57-70)116(19,20)21/h28-68,112-113H,1-27H3. The van der Waals surface area contributed by atoms with E-state index in [1.54, 1.807) is 0 Å². The molecule has 0 unspecified atom stereocenters. The topological polar surface area (TPSA) is 29.0 Å². The minimum Gasteiger partial charge on any atom is -0.356 e. The SMILES string of the molecule is CC(C)(C)c1cc(-c2cc3c(c(-c4c(-c5cccc([Si](C)(C)C)c5)cccc4-c4cccc([Si](C)(C)C)c4)c2)Nc2cc(-n4c5ccccc5c5cc(C(C)(C)C)ccc54)cc4c2B3c2cc(-c3cc(C(C)(C)C)cc(C(C)(C)C)c3)cc(-c3c(-c5cccc([Si](C)(C)C)c5)cccc3-c3cccc([Si](C)(C)C)c3)c2N4)cc(C(C)(C)C)c1. The van der Waals surface area contributed by atoms with E-state index in [4.69, 9.17) is 0 Å². The van der Waals surface area contributed by atoms with Gasteiger partial charge in [-0.15, -0.1) is 0 Å². The lowest BCUT2D eigenvalue weighted by molar-refractivity contribution is 0.568. The van der Waals surface area contributed by atoms with Crippen molar-refractivity contribution in [3.8, 4) is 94.7 Å². The summed E-state index contributed by atoms with van der Waals surface area (Å²) in [6, 6.07) is 100. The van der Waals surface area contributed by atoms with Crippen LogP contribution in [0.3, 0.4) is 0 Å². The normalized spacial score (nSPS) is 13.5. The van der Waals surface area contributed by atoms with Crippen LogP contribution in [0, 0.1) is 0 Å². The van der Waals surface area contributed by atoms with Gasteiger partial charge in [0, 0.05) is 44.6 Å². The van der Waals surface area contributed by atoms with Crippen LogP contribution in [0.2, 0.25) is 78.6 Å². The molecule has 2 aliphatic rings. The molecule has 0 aliphatic carbocycles. The van der Waals surface area contributed by atoms with E-state index < -0.39 is 32.3 Å². The van der Waals surface area contributed by atoms with Gasteiger partial charge in [-0.05, 0) is 192 Å². The minimum atomic E-state index is -1.84. The van der Waals surface area contributed by atoms with E-state index in [-0.39, 0.29) is 33.8 Å². The molecule has 0 amide bonds. The predicted molar refractivity (Wildman–Crippen MR) is 534 cm³/mol. The average Bonchev–Trinajstić information content (AvgIpc) is 0.876. The summed E-state index contributed by atoms with van der Waals surface area (Å²) in [6.07, 6.45) is 0. The lowest BCUT2D eigenvalue weighted by atomic mass is 9.33. The molecule has 2 N–H and O–H groups in total. The highest BCUT2D eigenvalue weighted by Gasteiger charge is 2.43. The molecule has 14 aromatic rings. The van der Waals surface area contributed by atoms with Crippen LogP contribution >= 0.6 is 0 Å². The lowest BCUT2D eigenvalue weighted by Crippen LogP contribution is -2.59. The van der Waals surface area contributed by atoms with Crippen molar-refractivity contribution in [2.75, 3.05) is 10.6 Å². The van der Waals surface area contributed by atoms with Crippen LogP contribution < -0.4 is 47.8 Å². The molecule has 0 spiro atoms. The van der Waals surface area contributed by atoms with Gasteiger partial charge in [-0.25, -0.2) is 0 Å². The molecule has 0 saturated heterocycles. The Balaban J connectivity index is 1.13. The molecule has 0 radical (unpaired) electrons. The third-order valence-electron chi connectivity index (χ3n) is 25.6. The molecule has 0 atom stereocenters. The summed E-state index contributed by atoms with van der Waals surface area (Å²) in [5.41, 5.74) is 37.1. The number of aromatic nitrogens is 1. The molecular weight excluding hydrogens is 1490 g/mol. The first kappa shape index (κ1) is 81.9. The molecular formula is C110H124BN3Si4. The summed E-state index contributed by atoms with van der Waals surface area (Å²) >= 11 is 0. The zero-order valence-corrected chi connectivity index (χ0v) is 79.7. The van der Waals surface area contributed by atoms with Crippen LogP contribution in [-0.2, 0) is 27.1 Å². The van der Waals surface area contributed by atoms with Gasteiger partial charge in [0.05, 0.1) is 49.0 Å². The highest BCUT2D eigenvalue weighted by Crippen LogP contribution is 2.52. The van der Waals surface area contributed by atoms with E-state index in [9.17, 15) is 0 Å². The molecule has 2 aliphatic heterocycles. The van der Waals surface area contributed by atoms with Gasteiger partial charge in [-0.2, -0.15) is 0 Å². The van der Waals surface area contributed by atoms with Gasteiger partial charge in [-0.1, -0.05) is 409 Å². The Morgan fingerprint density at radius 2 is 0.568 bits per heavy atom. The Morgan fingerprint density at radius 3 is 0.898 bits per heavy atom. The monoisotopic (exact) mass is 1610 g/mol. The van der Waals surface area contributed by atoms with Gasteiger partial charge in [0.15, 0.2) is 0 Å². The number of benzene rings is 13. The zero-order valence-electron chi connectivity index (χ0n) is 75.7. The molecule has 598 valence electrons. The summed E-state index contributed by atoms with van der Waals surface area (Å²) < 4.78 is 2.56. The molecule has 13 aromatic carbocycles. The van der Waals surface area contributed by atoms with Crippen LogP contribution in [0.4, 0.5) is 22.7 Å². The molecule has 1 aromatic heterocycles. The van der Waals surface area contributed by atoms with Crippen molar-refractivity contribution in [2.45, 2.75) is 209 Å². The van der Waals surface area contributed by atoms with Crippen LogP contribution in [0.25, 0.3) is 117 Å². The highest BCUT2D eigenvalue weighted by molar-refractivity contribution is 7.00. The van der Waals surface area contributed by atoms with Crippen molar-refractivity contribution >= 4 is 121 Å². The quantitative estimate of drug-likeness (QED) is 0.113. The molecule has 3 heterocycles.